The first-order valence-corrected chi connectivity index (χ1v) is 6.15. The normalized spacial score (nSPS) is 20.1. The molecule has 0 bridgehead atoms. The van der Waals surface area contributed by atoms with Crippen molar-refractivity contribution in [2.24, 2.45) is 0 Å². The Kier molecular flexibility index (Phi) is 3.90. The van der Waals surface area contributed by atoms with Crippen molar-refractivity contribution >= 4 is 29.0 Å². The zero-order chi connectivity index (χ0) is 11.5. The van der Waals surface area contributed by atoms with Gasteiger partial charge in [0.05, 0.1) is 29.2 Å². The van der Waals surface area contributed by atoms with Gasteiger partial charge in [0, 0.05) is 13.7 Å². The average molecular weight is 261 g/mol. The number of alkyl halides is 1. The average Bonchev–Trinajstić information content (AvgIpc) is 2.82. The maximum Gasteiger partial charge on any atom is 0.129 e. The summed E-state index contributed by atoms with van der Waals surface area (Å²) in [5.41, 5.74) is 0.728. The molecule has 0 amide bonds. The van der Waals surface area contributed by atoms with Crippen molar-refractivity contribution in [3.63, 3.8) is 0 Å². The van der Waals surface area contributed by atoms with Crippen molar-refractivity contribution in [2.45, 2.75) is 18.3 Å². The van der Waals surface area contributed by atoms with Gasteiger partial charge >= 0.3 is 0 Å². The zero-order valence-electron chi connectivity index (χ0n) is 9.12. The highest BCUT2D eigenvalue weighted by Crippen LogP contribution is 2.23. The van der Waals surface area contributed by atoms with Crippen LogP contribution in [0.3, 0.4) is 0 Å². The summed E-state index contributed by atoms with van der Waals surface area (Å²) in [5, 5.41) is 0.620. The molecular weight excluding hydrogens is 247 g/mol. The summed E-state index contributed by atoms with van der Waals surface area (Å²) in [6.07, 6.45) is 1.04. The third-order valence-electron chi connectivity index (χ3n) is 2.85. The van der Waals surface area contributed by atoms with Crippen molar-refractivity contribution in [3.8, 4) is 0 Å². The second-order valence-corrected chi connectivity index (χ2v) is 4.53. The van der Waals surface area contributed by atoms with E-state index in [4.69, 9.17) is 27.9 Å². The van der Waals surface area contributed by atoms with Crippen molar-refractivity contribution in [3.05, 3.63) is 22.8 Å². The van der Waals surface area contributed by atoms with E-state index >= 15 is 0 Å². The number of hydrogen-bond acceptors (Lipinski definition) is 3. The number of likely N-dealkylation sites (N-methyl/N-ethyl adjacent to an activating group) is 1. The molecule has 1 aromatic rings. The van der Waals surface area contributed by atoms with Gasteiger partial charge in [-0.2, -0.15) is 0 Å². The fourth-order valence-electron chi connectivity index (χ4n) is 1.78. The van der Waals surface area contributed by atoms with Gasteiger partial charge in [-0.3, -0.25) is 0 Å². The largest absolute Gasteiger partial charge is 0.379 e. The Labute approximate surface area is 105 Å². The molecule has 1 aliphatic heterocycles. The third kappa shape index (κ3) is 2.42. The first-order chi connectivity index (χ1) is 7.72. The van der Waals surface area contributed by atoms with Gasteiger partial charge < -0.3 is 9.64 Å². The molecule has 5 heteroatoms. The minimum Gasteiger partial charge on any atom is -0.379 e. The van der Waals surface area contributed by atoms with Crippen molar-refractivity contribution < 1.29 is 4.74 Å². The Hall–Kier alpha value is -0.510. The van der Waals surface area contributed by atoms with Crippen LogP contribution in [0.25, 0.3) is 0 Å². The number of pyridine rings is 1. The molecule has 0 saturated carbocycles. The number of halogens is 2. The maximum absolute atomic E-state index is 5.97. The van der Waals surface area contributed by atoms with Crippen molar-refractivity contribution in [1.82, 2.24) is 4.98 Å². The smallest absolute Gasteiger partial charge is 0.129 e. The molecule has 0 N–H and O–H groups in total. The number of hydrogen-bond donors (Lipinski definition) is 0. The first-order valence-electron chi connectivity index (χ1n) is 5.24. The quantitative estimate of drug-likeness (QED) is 0.782. The zero-order valence-corrected chi connectivity index (χ0v) is 10.6. The number of aromatic nitrogens is 1. The lowest BCUT2D eigenvalue weighted by Gasteiger charge is -2.24. The van der Waals surface area contributed by atoms with Gasteiger partial charge in [0.1, 0.15) is 5.82 Å². The number of ether oxygens (including phenoxy) is 1. The van der Waals surface area contributed by atoms with E-state index in [1.54, 1.807) is 0 Å². The van der Waals surface area contributed by atoms with E-state index in [0.717, 1.165) is 31.1 Å². The first kappa shape index (κ1) is 12.0. The lowest BCUT2D eigenvalue weighted by molar-refractivity contribution is 0.193. The van der Waals surface area contributed by atoms with E-state index in [1.165, 1.54) is 0 Å². The fraction of sp³-hybridized carbons (Fsp3) is 0.545. The van der Waals surface area contributed by atoms with Crippen LogP contribution < -0.4 is 4.90 Å². The summed E-state index contributed by atoms with van der Waals surface area (Å²) >= 11 is 11.7. The molecule has 1 unspecified atom stereocenters. The number of rotatable bonds is 3. The van der Waals surface area contributed by atoms with Crippen molar-refractivity contribution in [1.29, 1.82) is 0 Å². The summed E-state index contributed by atoms with van der Waals surface area (Å²) in [5.74, 6) is 1.23. The van der Waals surface area contributed by atoms with E-state index < -0.39 is 0 Å². The van der Waals surface area contributed by atoms with Gasteiger partial charge in [-0.05, 0) is 18.6 Å². The van der Waals surface area contributed by atoms with Crippen LogP contribution in [0.5, 0.6) is 0 Å². The Balaban J connectivity index is 2.19. The second-order valence-electron chi connectivity index (χ2n) is 3.86. The summed E-state index contributed by atoms with van der Waals surface area (Å²) < 4.78 is 5.36. The highest BCUT2D eigenvalue weighted by Gasteiger charge is 2.21. The minimum absolute atomic E-state index is 0.335. The van der Waals surface area contributed by atoms with Crippen LogP contribution in [0.1, 0.15) is 12.1 Å². The van der Waals surface area contributed by atoms with Gasteiger partial charge in [0.25, 0.3) is 0 Å². The molecule has 3 nitrogen and oxygen atoms in total. The summed E-state index contributed by atoms with van der Waals surface area (Å²) in [6, 6.07) is 4.15. The van der Waals surface area contributed by atoms with Crippen LogP contribution >= 0.6 is 23.2 Å². The van der Waals surface area contributed by atoms with Gasteiger partial charge in [-0.15, -0.1) is 11.6 Å². The molecule has 0 radical (unpaired) electrons. The van der Waals surface area contributed by atoms with E-state index in [-0.39, 0.29) is 0 Å². The van der Waals surface area contributed by atoms with Crippen LogP contribution in [0.2, 0.25) is 5.02 Å². The Bertz CT molecular complexity index is 367. The molecular formula is C11H14Cl2N2O. The van der Waals surface area contributed by atoms with Gasteiger partial charge in [0.2, 0.25) is 0 Å². The Morgan fingerprint density at radius 2 is 2.38 bits per heavy atom. The predicted octanol–water partition coefficient (Wildman–Crippen LogP) is 2.70. The fourth-order valence-corrected chi connectivity index (χ4v) is 2.22. The second kappa shape index (κ2) is 5.21. The van der Waals surface area contributed by atoms with Gasteiger partial charge in [0.15, 0.2) is 0 Å². The number of nitrogens with zero attached hydrogens (tertiary/aromatic N) is 2. The van der Waals surface area contributed by atoms with Crippen LogP contribution in [0.15, 0.2) is 12.1 Å². The topological polar surface area (TPSA) is 25.4 Å². The van der Waals surface area contributed by atoms with Crippen LogP contribution in [-0.4, -0.2) is 31.3 Å². The highest BCUT2D eigenvalue weighted by atomic mass is 35.5. The lowest BCUT2D eigenvalue weighted by Crippen LogP contribution is -2.32. The Morgan fingerprint density at radius 1 is 1.56 bits per heavy atom. The molecule has 2 rings (SSSR count). The minimum atomic E-state index is 0.335. The standard InChI is InChI=1S/C11H14Cl2N2O/c1-15(8-4-5-16-7-8)11-3-2-9(13)10(6-12)14-11/h2-3,8H,4-7H2,1H3. The van der Waals surface area contributed by atoms with Crippen LogP contribution in [0.4, 0.5) is 5.82 Å². The highest BCUT2D eigenvalue weighted by molar-refractivity contribution is 6.32. The van der Waals surface area contributed by atoms with E-state index in [9.17, 15) is 0 Å². The monoisotopic (exact) mass is 260 g/mol. The van der Waals surface area contributed by atoms with E-state index in [2.05, 4.69) is 9.88 Å². The van der Waals surface area contributed by atoms with E-state index in [0.29, 0.717) is 16.9 Å². The SMILES string of the molecule is CN(c1ccc(Cl)c(CCl)n1)C1CCOC1. The van der Waals surface area contributed by atoms with E-state index in [1.807, 2.05) is 19.2 Å². The summed E-state index contributed by atoms with van der Waals surface area (Å²) in [4.78, 5) is 6.57. The maximum atomic E-state index is 5.97. The molecule has 1 aromatic heterocycles. The number of anilines is 1. The molecule has 0 spiro atoms. The summed E-state index contributed by atoms with van der Waals surface area (Å²) in [7, 11) is 2.02. The molecule has 1 aliphatic rings. The van der Waals surface area contributed by atoms with Crippen molar-refractivity contribution in [2.75, 3.05) is 25.2 Å². The molecule has 0 aromatic carbocycles. The molecule has 1 atom stereocenters. The lowest BCUT2D eigenvalue weighted by atomic mass is 10.2. The van der Waals surface area contributed by atoms with Crippen LogP contribution in [-0.2, 0) is 10.6 Å². The van der Waals surface area contributed by atoms with Gasteiger partial charge in [-0.1, -0.05) is 11.6 Å². The molecule has 0 aliphatic carbocycles. The molecule has 2 heterocycles. The summed E-state index contributed by atoms with van der Waals surface area (Å²) in [6.45, 7) is 1.59. The van der Waals surface area contributed by atoms with Crippen LogP contribution in [0, 0.1) is 0 Å². The molecule has 1 saturated heterocycles. The third-order valence-corrected chi connectivity index (χ3v) is 3.44. The molecule has 88 valence electrons. The Morgan fingerprint density at radius 3 is 3.00 bits per heavy atom. The van der Waals surface area contributed by atoms with Gasteiger partial charge in [-0.25, -0.2) is 4.98 Å². The predicted molar refractivity (Wildman–Crippen MR) is 66.4 cm³/mol. The molecule has 16 heavy (non-hydrogen) atoms. The molecule has 1 fully saturated rings.